The Kier molecular flexibility index (Phi) is 5.42. The SMILES string of the molecule is Cc1ccsc1CN(C)C(=O)NC(C)c1ccc(Br)cc1. The molecular formula is C16H19BrN2OS. The van der Waals surface area contributed by atoms with Crippen LogP contribution >= 0.6 is 27.3 Å². The molecule has 0 radical (unpaired) electrons. The van der Waals surface area contributed by atoms with E-state index in [9.17, 15) is 4.79 Å². The van der Waals surface area contributed by atoms with Gasteiger partial charge in [-0.15, -0.1) is 11.3 Å². The van der Waals surface area contributed by atoms with Crippen molar-refractivity contribution in [3.05, 3.63) is 56.2 Å². The van der Waals surface area contributed by atoms with Gasteiger partial charge in [-0.05, 0) is 48.6 Å². The predicted molar refractivity (Wildman–Crippen MR) is 91.6 cm³/mol. The van der Waals surface area contributed by atoms with E-state index in [0.29, 0.717) is 6.54 Å². The molecule has 0 bridgehead atoms. The van der Waals surface area contributed by atoms with Gasteiger partial charge in [0.15, 0.2) is 0 Å². The van der Waals surface area contributed by atoms with Gasteiger partial charge >= 0.3 is 6.03 Å². The van der Waals surface area contributed by atoms with Crippen LogP contribution in [0.2, 0.25) is 0 Å². The number of urea groups is 1. The summed E-state index contributed by atoms with van der Waals surface area (Å²) in [6.45, 7) is 4.70. The number of carbonyl (C=O) groups excluding carboxylic acids is 1. The van der Waals surface area contributed by atoms with Gasteiger partial charge in [-0.1, -0.05) is 28.1 Å². The number of carbonyl (C=O) groups is 1. The van der Waals surface area contributed by atoms with Crippen LogP contribution in [0.3, 0.4) is 0 Å². The third kappa shape index (κ3) is 4.32. The molecule has 2 amide bonds. The molecule has 2 rings (SSSR count). The maximum Gasteiger partial charge on any atom is 0.317 e. The zero-order valence-electron chi connectivity index (χ0n) is 12.4. The zero-order chi connectivity index (χ0) is 15.4. The van der Waals surface area contributed by atoms with Crippen LogP contribution in [0.5, 0.6) is 0 Å². The highest BCUT2D eigenvalue weighted by Crippen LogP contribution is 2.19. The summed E-state index contributed by atoms with van der Waals surface area (Å²) in [5.41, 5.74) is 2.33. The van der Waals surface area contributed by atoms with Gasteiger partial charge in [0, 0.05) is 16.4 Å². The van der Waals surface area contributed by atoms with E-state index in [1.807, 2.05) is 38.2 Å². The normalized spacial score (nSPS) is 12.0. The first-order valence-electron chi connectivity index (χ1n) is 6.77. The highest BCUT2D eigenvalue weighted by Gasteiger charge is 2.14. The maximum absolute atomic E-state index is 12.2. The Labute approximate surface area is 138 Å². The monoisotopic (exact) mass is 366 g/mol. The second kappa shape index (κ2) is 7.09. The smallest absolute Gasteiger partial charge is 0.317 e. The minimum atomic E-state index is -0.0572. The minimum absolute atomic E-state index is 0.0162. The second-order valence-electron chi connectivity index (χ2n) is 5.11. The Morgan fingerprint density at radius 2 is 2.00 bits per heavy atom. The van der Waals surface area contributed by atoms with Crippen LogP contribution in [0.4, 0.5) is 4.79 Å². The van der Waals surface area contributed by atoms with E-state index in [1.165, 1.54) is 10.4 Å². The van der Waals surface area contributed by atoms with Crippen molar-refractivity contribution in [2.24, 2.45) is 0 Å². The Hall–Kier alpha value is -1.33. The highest BCUT2D eigenvalue weighted by molar-refractivity contribution is 9.10. The van der Waals surface area contributed by atoms with Crippen LogP contribution in [0.15, 0.2) is 40.2 Å². The first-order valence-corrected chi connectivity index (χ1v) is 8.44. The summed E-state index contributed by atoms with van der Waals surface area (Å²) in [5.74, 6) is 0. The Balaban J connectivity index is 1.94. The molecule has 0 fully saturated rings. The summed E-state index contributed by atoms with van der Waals surface area (Å²) in [6.07, 6.45) is 0. The van der Waals surface area contributed by atoms with Crippen molar-refractivity contribution in [2.75, 3.05) is 7.05 Å². The van der Waals surface area contributed by atoms with Crippen molar-refractivity contribution in [3.8, 4) is 0 Å². The molecule has 3 nitrogen and oxygen atoms in total. The molecule has 1 aromatic carbocycles. The van der Waals surface area contributed by atoms with E-state index in [0.717, 1.165) is 10.0 Å². The molecule has 0 saturated heterocycles. The molecule has 5 heteroatoms. The van der Waals surface area contributed by atoms with E-state index in [-0.39, 0.29) is 12.1 Å². The number of nitrogens with zero attached hydrogens (tertiary/aromatic N) is 1. The van der Waals surface area contributed by atoms with Crippen LogP contribution in [-0.2, 0) is 6.54 Å². The van der Waals surface area contributed by atoms with Crippen molar-refractivity contribution in [1.82, 2.24) is 10.2 Å². The average Bonchev–Trinajstić information content (AvgIpc) is 2.84. The van der Waals surface area contributed by atoms with Crippen molar-refractivity contribution < 1.29 is 4.79 Å². The first kappa shape index (κ1) is 16.0. The van der Waals surface area contributed by atoms with Crippen LogP contribution in [-0.4, -0.2) is 18.0 Å². The van der Waals surface area contributed by atoms with Crippen molar-refractivity contribution in [1.29, 1.82) is 0 Å². The fourth-order valence-corrected chi connectivity index (χ4v) is 3.21. The number of hydrogen-bond acceptors (Lipinski definition) is 2. The first-order chi connectivity index (χ1) is 9.97. The van der Waals surface area contributed by atoms with Gasteiger partial charge in [-0.3, -0.25) is 0 Å². The van der Waals surface area contributed by atoms with E-state index < -0.39 is 0 Å². The van der Waals surface area contributed by atoms with Gasteiger partial charge in [-0.25, -0.2) is 4.79 Å². The fraction of sp³-hybridized carbons (Fsp3) is 0.312. The fourth-order valence-electron chi connectivity index (χ4n) is 1.98. The van der Waals surface area contributed by atoms with Crippen molar-refractivity contribution in [3.63, 3.8) is 0 Å². The lowest BCUT2D eigenvalue weighted by atomic mass is 10.1. The van der Waals surface area contributed by atoms with Crippen LogP contribution in [0.25, 0.3) is 0 Å². The third-order valence-electron chi connectivity index (χ3n) is 3.41. The van der Waals surface area contributed by atoms with Crippen molar-refractivity contribution in [2.45, 2.75) is 26.4 Å². The standard InChI is InChI=1S/C16H19BrN2OS/c1-11-8-9-21-15(11)10-19(3)16(20)18-12(2)13-4-6-14(17)7-5-13/h4-9,12H,10H2,1-3H3,(H,18,20). The molecule has 2 aromatic rings. The number of nitrogens with one attached hydrogen (secondary N) is 1. The molecule has 0 aliphatic rings. The number of thiophene rings is 1. The summed E-state index contributed by atoms with van der Waals surface area (Å²) in [4.78, 5) is 15.2. The van der Waals surface area contributed by atoms with Gasteiger partial charge in [-0.2, -0.15) is 0 Å². The molecule has 1 atom stereocenters. The Bertz CT molecular complexity index is 609. The molecule has 1 heterocycles. The molecule has 112 valence electrons. The molecule has 0 aliphatic carbocycles. The molecule has 1 aromatic heterocycles. The molecule has 1 N–H and O–H groups in total. The topological polar surface area (TPSA) is 32.3 Å². The predicted octanol–water partition coefficient (Wildman–Crippen LogP) is 4.72. The zero-order valence-corrected chi connectivity index (χ0v) is 14.8. The second-order valence-corrected chi connectivity index (χ2v) is 7.02. The lowest BCUT2D eigenvalue weighted by Gasteiger charge is -2.21. The molecular weight excluding hydrogens is 348 g/mol. The number of benzene rings is 1. The number of rotatable bonds is 4. The van der Waals surface area contributed by atoms with Gasteiger partial charge < -0.3 is 10.2 Å². The largest absolute Gasteiger partial charge is 0.331 e. The number of hydrogen-bond donors (Lipinski definition) is 1. The number of halogens is 1. The molecule has 0 spiro atoms. The van der Waals surface area contributed by atoms with Gasteiger partial charge in [0.2, 0.25) is 0 Å². The molecule has 0 aliphatic heterocycles. The summed E-state index contributed by atoms with van der Waals surface area (Å²) in [6, 6.07) is 10.00. The van der Waals surface area contributed by atoms with E-state index >= 15 is 0 Å². The van der Waals surface area contributed by atoms with E-state index in [1.54, 1.807) is 16.2 Å². The summed E-state index contributed by atoms with van der Waals surface area (Å²) in [5, 5.41) is 5.08. The van der Waals surface area contributed by atoms with E-state index in [4.69, 9.17) is 0 Å². The number of aryl methyl sites for hydroxylation is 1. The van der Waals surface area contributed by atoms with Crippen LogP contribution in [0.1, 0.15) is 29.0 Å². The third-order valence-corrected chi connectivity index (χ3v) is 4.94. The lowest BCUT2D eigenvalue weighted by molar-refractivity contribution is 0.204. The van der Waals surface area contributed by atoms with Crippen LogP contribution < -0.4 is 5.32 Å². The van der Waals surface area contributed by atoms with E-state index in [2.05, 4.69) is 39.6 Å². The summed E-state index contributed by atoms with van der Waals surface area (Å²) < 4.78 is 1.04. The highest BCUT2D eigenvalue weighted by atomic mass is 79.9. The Morgan fingerprint density at radius 1 is 1.33 bits per heavy atom. The van der Waals surface area contributed by atoms with Gasteiger partial charge in [0.05, 0.1) is 12.6 Å². The van der Waals surface area contributed by atoms with Crippen molar-refractivity contribution >= 4 is 33.3 Å². The maximum atomic E-state index is 12.2. The lowest BCUT2D eigenvalue weighted by Crippen LogP contribution is -2.38. The summed E-state index contributed by atoms with van der Waals surface area (Å²) in [7, 11) is 1.82. The molecule has 21 heavy (non-hydrogen) atoms. The number of amides is 2. The Morgan fingerprint density at radius 3 is 2.57 bits per heavy atom. The average molecular weight is 367 g/mol. The van der Waals surface area contributed by atoms with Gasteiger partial charge in [0.1, 0.15) is 0 Å². The minimum Gasteiger partial charge on any atom is -0.331 e. The quantitative estimate of drug-likeness (QED) is 0.833. The van der Waals surface area contributed by atoms with Gasteiger partial charge in [0.25, 0.3) is 0 Å². The van der Waals surface area contributed by atoms with Crippen LogP contribution in [0, 0.1) is 6.92 Å². The summed E-state index contributed by atoms with van der Waals surface area (Å²) >= 11 is 5.10. The molecule has 1 unspecified atom stereocenters. The molecule has 0 saturated carbocycles.